The first-order valence-electron chi connectivity index (χ1n) is 4.08. The summed E-state index contributed by atoms with van der Waals surface area (Å²) >= 11 is 3.20. The van der Waals surface area contributed by atoms with E-state index >= 15 is 0 Å². The fraction of sp³-hybridized carbons (Fsp3) is 0.375. The fourth-order valence-electron chi connectivity index (χ4n) is 0.878. The molecule has 0 aliphatic rings. The molecule has 1 aromatic heterocycles. The van der Waals surface area contributed by atoms with Crippen molar-refractivity contribution in [3.63, 3.8) is 0 Å². The number of nitrogens with zero attached hydrogens (tertiary/aromatic N) is 1. The van der Waals surface area contributed by atoms with Gasteiger partial charge in [0, 0.05) is 0 Å². The molecule has 0 radical (unpaired) electrons. The van der Waals surface area contributed by atoms with E-state index in [1.807, 2.05) is 0 Å². The fourth-order valence-corrected chi connectivity index (χ4v) is 1.97. The van der Waals surface area contributed by atoms with Gasteiger partial charge in [-0.15, -0.1) is 0 Å². The first-order valence-corrected chi connectivity index (χ1v) is 6.53. The number of aromatic nitrogens is 1. The second-order valence-corrected chi connectivity index (χ2v) is 5.60. The summed E-state index contributed by atoms with van der Waals surface area (Å²) in [6.07, 6.45) is 0. The highest BCUT2D eigenvalue weighted by atomic mass is 79.9. The molecule has 0 saturated heterocycles. The second kappa shape index (κ2) is 4.27. The number of sulfonamides is 1. The minimum Gasteiger partial charge on any atom is -0.282 e. The zero-order valence-corrected chi connectivity index (χ0v) is 10.3. The van der Waals surface area contributed by atoms with Crippen LogP contribution in [0.15, 0.2) is 16.7 Å². The van der Waals surface area contributed by atoms with Gasteiger partial charge in [-0.05, 0) is 41.9 Å². The molecule has 0 aliphatic heterocycles. The van der Waals surface area contributed by atoms with E-state index < -0.39 is 10.0 Å². The summed E-state index contributed by atoms with van der Waals surface area (Å²) in [6, 6.07) is 3.38. The van der Waals surface area contributed by atoms with Crippen LogP contribution in [0.3, 0.4) is 0 Å². The standard InChI is InChI=1S/C8H11BrN2O2S/c1-3-14(12,13)11-7-4-5-8(9)10-6(7)2/h4-5,11H,3H2,1-2H3. The molecule has 0 fully saturated rings. The van der Waals surface area contributed by atoms with E-state index in [-0.39, 0.29) is 5.75 Å². The molecule has 1 N–H and O–H groups in total. The van der Waals surface area contributed by atoms with Crippen LogP contribution in [0.1, 0.15) is 12.6 Å². The number of halogens is 1. The molecule has 6 heteroatoms. The van der Waals surface area contributed by atoms with Crippen molar-refractivity contribution in [1.82, 2.24) is 4.98 Å². The van der Waals surface area contributed by atoms with Gasteiger partial charge in [-0.25, -0.2) is 13.4 Å². The first-order chi connectivity index (χ1) is 6.44. The molecular formula is C8H11BrN2O2S. The molecule has 1 heterocycles. The molecule has 0 spiro atoms. The Hall–Kier alpha value is -0.620. The number of aryl methyl sites for hydroxylation is 1. The smallest absolute Gasteiger partial charge is 0.232 e. The number of rotatable bonds is 3. The van der Waals surface area contributed by atoms with Crippen molar-refractivity contribution < 1.29 is 8.42 Å². The predicted octanol–water partition coefficient (Wildman–Crippen LogP) is 1.91. The van der Waals surface area contributed by atoms with E-state index in [1.165, 1.54) is 0 Å². The summed E-state index contributed by atoms with van der Waals surface area (Å²) in [6.45, 7) is 3.34. The van der Waals surface area contributed by atoms with Crippen LogP contribution >= 0.6 is 15.9 Å². The predicted molar refractivity (Wildman–Crippen MR) is 59.8 cm³/mol. The van der Waals surface area contributed by atoms with Gasteiger partial charge in [0.15, 0.2) is 0 Å². The molecule has 0 atom stereocenters. The quantitative estimate of drug-likeness (QED) is 0.860. The number of nitrogens with one attached hydrogen (secondary N) is 1. The molecule has 0 amide bonds. The van der Waals surface area contributed by atoms with Crippen molar-refractivity contribution in [2.24, 2.45) is 0 Å². The summed E-state index contributed by atoms with van der Waals surface area (Å²) in [5.41, 5.74) is 1.17. The Labute approximate surface area is 91.9 Å². The monoisotopic (exact) mass is 278 g/mol. The molecule has 14 heavy (non-hydrogen) atoms. The Morgan fingerprint density at radius 2 is 2.14 bits per heavy atom. The number of pyridine rings is 1. The van der Waals surface area contributed by atoms with Crippen LogP contribution < -0.4 is 4.72 Å². The molecule has 0 aliphatic carbocycles. The summed E-state index contributed by atoms with van der Waals surface area (Å²) in [7, 11) is -3.21. The molecule has 0 aromatic carbocycles. The average Bonchev–Trinajstić information content (AvgIpc) is 2.10. The van der Waals surface area contributed by atoms with Gasteiger partial charge < -0.3 is 0 Å². The van der Waals surface area contributed by atoms with Crippen molar-refractivity contribution in [2.45, 2.75) is 13.8 Å². The van der Waals surface area contributed by atoms with Crippen LogP contribution in [-0.2, 0) is 10.0 Å². The van der Waals surface area contributed by atoms with Gasteiger partial charge in [0.2, 0.25) is 10.0 Å². The third-order valence-electron chi connectivity index (χ3n) is 1.70. The topological polar surface area (TPSA) is 59.1 Å². The molecule has 4 nitrogen and oxygen atoms in total. The van der Waals surface area contributed by atoms with Crippen LogP contribution in [0.25, 0.3) is 0 Å². The highest BCUT2D eigenvalue weighted by Crippen LogP contribution is 2.17. The van der Waals surface area contributed by atoms with Gasteiger partial charge in [0.25, 0.3) is 0 Å². The lowest BCUT2D eigenvalue weighted by molar-refractivity contribution is 0.602. The van der Waals surface area contributed by atoms with Crippen LogP contribution in [0.2, 0.25) is 0 Å². The molecular weight excluding hydrogens is 268 g/mol. The lowest BCUT2D eigenvalue weighted by Crippen LogP contribution is -2.15. The number of anilines is 1. The third-order valence-corrected chi connectivity index (χ3v) is 3.43. The van der Waals surface area contributed by atoms with Crippen LogP contribution in [-0.4, -0.2) is 19.2 Å². The summed E-state index contributed by atoms with van der Waals surface area (Å²) in [4.78, 5) is 4.08. The van der Waals surface area contributed by atoms with Crippen molar-refractivity contribution in [3.8, 4) is 0 Å². The van der Waals surface area contributed by atoms with Crippen molar-refractivity contribution >= 4 is 31.6 Å². The van der Waals surface area contributed by atoms with Gasteiger partial charge in [-0.2, -0.15) is 0 Å². The summed E-state index contributed by atoms with van der Waals surface area (Å²) in [5, 5.41) is 0. The Balaban J connectivity index is 2.99. The maximum atomic E-state index is 11.3. The van der Waals surface area contributed by atoms with Gasteiger partial charge >= 0.3 is 0 Å². The Morgan fingerprint density at radius 1 is 1.50 bits per heavy atom. The van der Waals surface area contributed by atoms with Gasteiger partial charge in [-0.1, -0.05) is 0 Å². The maximum Gasteiger partial charge on any atom is 0.232 e. The molecule has 78 valence electrons. The van der Waals surface area contributed by atoms with E-state index in [9.17, 15) is 8.42 Å². The maximum absolute atomic E-state index is 11.3. The Bertz CT molecular complexity index is 431. The minimum absolute atomic E-state index is 0.0580. The van der Waals surface area contributed by atoms with E-state index in [0.29, 0.717) is 16.0 Å². The van der Waals surface area contributed by atoms with E-state index in [1.54, 1.807) is 26.0 Å². The van der Waals surface area contributed by atoms with Crippen molar-refractivity contribution in [2.75, 3.05) is 10.5 Å². The molecule has 0 unspecified atom stereocenters. The van der Waals surface area contributed by atoms with Gasteiger partial charge in [0.1, 0.15) is 4.60 Å². The molecule has 1 rings (SSSR count). The van der Waals surface area contributed by atoms with Crippen LogP contribution in [0.5, 0.6) is 0 Å². The first kappa shape index (κ1) is 11.5. The summed E-state index contributed by atoms with van der Waals surface area (Å²) < 4.78 is 25.7. The van der Waals surface area contributed by atoms with E-state index in [4.69, 9.17) is 0 Å². The highest BCUT2D eigenvalue weighted by molar-refractivity contribution is 9.10. The Morgan fingerprint density at radius 3 is 2.64 bits per heavy atom. The van der Waals surface area contributed by atoms with Gasteiger partial charge in [-0.3, -0.25) is 4.72 Å². The normalized spacial score (nSPS) is 11.4. The van der Waals surface area contributed by atoms with Crippen molar-refractivity contribution in [3.05, 3.63) is 22.4 Å². The van der Waals surface area contributed by atoms with Crippen LogP contribution in [0.4, 0.5) is 5.69 Å². The molecule has 0 saturated carbocycles. The van der Waals surface area contributed by atoms with Gasteiger partial charge in [0.05, 0.1) is 17.1 Å². The zero-order chi connectivity index (χ0) is 10.8. The second-order valence-electron chi connectivity index (χ2n) is 2.77. The third kappa shape index (κ3) is 2.95. The number of hydrogen-bond acceptors (Lipinski definition) is 3. The minimum atomic E-state index is -3.21. The highest BCUT2D eigenvalue weighted by Gasteiger charge is 2.09. The Kier molecular flexibility index (Phi) is 3.49. The largest absolute Gasteiger partial charge is 0.282 e. The van der Waals surface area contributed by atoms with E-state index in [0.717, 1.165) is 0 Å². The molecule has 1 aromatic rings. The SMILES string of the molecule is CCS(=O)(=O)Nc1ccc(Br)nc1C. The summed E-state index contributed by atoms with van der Waals surface area (Å²) in [5.74, 6) is 0.0580. The number of hydrogen-bond donors (Lipinski definition) is 1. The van der Waals surface area contributed by atoms with Crippen LogP contribution in [0, 0.1) is 6.92 Å². The lowest BCUT2D eigenvalue weighted by atomic mass is 10.3. The van der Waals surface area contributed by atoms with Crippen molar-refractivity contribution in [1.29, 1.82) is 0 Å². The molecule has 0 bridgehead atoms. The zero-order valence-electron chi connectivity index (χ0n) is 7.91. The lowest BCUT2D eigenvalue weighted by Gasteiger charge is -2.08. The van der Waals surface area contributed by atoms with E-state index in [2.05, 4.69) is 25.6 Å². The average molecular weight is 279 g/mol.